The van der Waals surface area contributed by atoms with Gasteiger partial charge in [-0.05, 0) is 84.0 Å². The fraction of sp³-hybridized carbons (Fsp3) is 0.760. The van der Waals surface area contributed by atoms with Crippen LogP contribution in [0, 0.1) is 28.1 Å². The van der Waals surface area contributed by atoms with Crippen molar-refractivity contribution in [1.29, 1.82) is 0 Å². The van der Waals surface area contributed by atoms with Crippen LogP contribution in [0.4, 0.5) is 0 Å². The van der Waals surface area contributed by atoms with E-state index in [9.17, 15) is 19.8 Å². The number of hydrogen-bond donors (Lipinski definition) is 2. The van der Waals surface area contributed by atoms with E-state index in [1.165, 1.54) is 5.57 Å². The number of aliphatic hydroxyl groups is 1. The minimum Gasteiger partial charge on any atom is -0.481 e. The number of hydrogen-bond acceptors (Lipinski definition) is 4. The molecule has 5 heteroatoms. The van der Waals surface area contributed by atoms with Gasteiger partial charge in [0.05, 0.1) is 5.60 Å². The highest BCUT2D eigenvalue weighted by Crippen LogP contribution is 2.74. The Bertz CT molecular complexity index is 829. The second-order valence-electron chi connectivity index (χ2n) is 10.9. The lowest BCUT2D eigenvalue weighted by Crippen LogP contribution is -2.71. The minimum absolute atomic E-state index is 0.178. The summed E-state index contributed by atoms with van der Waals surface area (Å²) in [5, 5.41) is 22.7. The number of fused-ring (bicyclic) bond motifs is 3. The molecule has 166 valence electrons. The SMILES string of the molecule is C=C1C[C@@]23CC[C@@H]4[C@](C)(C(=O)O)[C@H](OC(=O)/C(C)=C\C)CC[C@@]4(C)[C@]2(O)CC[C@H]1C3. The third kappa shape index (κ3) is 2.50. The van der Waals surface area contributed by atoms with Crippen LogP contribution >= 0.6 is 0 Å². The van der Waals surface area contributed by atoms with Crippen LogP contribution in [0.2, 0.25) is 0 Å². The Morgan fingerprint density at radius 3 is 2.50 bits per heavy atom. The van der Waals surface area contributed by atoms with E-state index < -0.39 is 34.5 Å². The summed E-state index contributed by atoms with van der Waals surface area (Å²) in [4.78, 5) is 25.2. The normalized spacial score (nSPS) is 48.0. The van der Waals surface area contributed by atoms with Gasteiger partial charge in [0, 0.05) is 16.4 Å². The largest absolute Gasteiger partial charge is 0.481 e. The molecule has 4 saturated carbocycles. The van der Waals surface area contributed by atoms with Gasteiger partial charge in [0.25, 0.3) is 0 Å². The first kappa shape index (κ1) is 21.6. The molecule has 4 rings (SSSR count). The molecule has 4 aliphatic carbocycles. The van der Waals surface area contributed by atoms with E-state index >= 15 is 0 Å². The molecule has 7 atom stereocenters. The van der Waals surface area contributed by atoms with Crippen molar-refractivity contribution in [3.63, 3.8) is 0 Å². The molecule has 4 aliphatic rings. The predicted molar refractivity (Wildman–Crippen MR) is 114 cm³/mol. The lowest BCUT2D eigenvalue weighted by Gasteiger charge is -2.68. The molecule has 0 radical (unpaired) electrons. The van der Waals surface area contributed by atoms with Gasteiger partial charge in [-0.2, -0.15) is 0 Å². The van der Waals surface area contributed by atoms with E-state index in [-0.39, 0.29) is 11.3 Å². The van der Waals surface area contributed by atoms with Crippen LogP contribution in [0.5, 0.6) is 0 Å². The van der Waals surface area contributed by atoms with E-state index in [4.69, 9.17) is 4.74 Å². The maximum atomic E-state index is 12.7. The van der Waals surface area contributed by atoms with Gasteiger partial charge >= 0.3 is 11.9 Å². The molecule has 0 aliphatic heterocycles. The fourth-order valence-corrected chi connectivity index (χ4v) is 7.96. The predicted octanol–water partition coefficient (Wildman–Crippen LogP) is 4.64. The molecule has 2 N–H and O–H groups in total. The Balaban J connectivity index is 1.73. The monoisotopic (exact) mass is 416 g/mol. The molecule has 1 spiro atoms. The number of carboxylic acid groups (broad SMARTS) is 1. The fourth-order valence-electron chi connectivity index (χ4n) is 7.96. The van der Waals surface area contributed by atoms with Crippen LogP contribution in [-0.2, 0) is 14.3 Å². The Morgan fingerprint density at radius 2 is 1.87 bits per heavy atom. The molecule has 0 aromatic rings. The quantitative estimate of drug-likeness (QED) is 0.398. The molecule has 5 nitrogen and oxygen atoms in total. The third-order valence-electron chi connectivity index (χ3n) is 9.92. The Hall–Kier alpha value is -1.62. The Labute approximate surface area is 179 Å². The minimum atomic E-state index is -1.22. The first-order valence-corrected chi connectivity index (χ1v) is 11.4. The summed E-state index contributed by atoms with van der Waals surface area (Å²) in [6.45, 7) is 11.6. The highest BCUT2D eigenvalue weighted by Gasteiger charge is 2.74. The molecule has 2 bridgehead atoms. The summed E-state index contributed by atoms with van der Waals surface area (Å²) in [6.07, 6.45) is 7.16. The Morgan fingerprint density at radius 1 is 1.17 bits per heavy atom. The number of ether oxygens (including phenoxy) is 1. The van der Waals surface area contributed by atoms with Crippen molar-refractivity contribution < 1.29 is 24.5 Å². The van der Waals surface area contributed by atoms with Gasteiger partial charge in [-0.25, -0.2) is 4.79 Å². The summed E-state index contributed by atoms with van der Waals surface area (Å²) in [7, 11) is 0. The lowest BCUT2D eigenvalue weighted by molar-refractivity contribution is -0.276. The zero-order valence-electron chi connectivity index (χ0n) is 18.8. The van der Waals surface area contributed by atoms with Gasteiger partial charge < -0.3 is 14.9 Å². The second-order valence-corrected chi connectivity index (χ2v) is 10.9. The van der Waals surface area contributed by atoms with Crippen molar-refractivity contribution in [2.45, 2.75) is 90.8 Å². The van der Waals surface area contributed by atoms with Gasteiger partial charge in [0.2, 0.25) is 0 Å². The first-order valence-electron chi connectivity index (χ1n) is 11.4. The smallest absolute Gasteiger partial charge is 0.333 e. The van der Waals surface area contributed by atoms with Gasteiger partial charge in [-0.15, -0.1) is 0 Å². The molecule has 0 heterocycles. The van der Waals surface area contributed by atoms with Crippen molar-refractivity contribution in [3.8, 4) is 0 Å². The van der Waals surface area contributed by atoms with Crippen LogP contribution in [0.15, 0.2) is 23.8 Å². The summed E-state index contributed by atoms with van der Waals surface area (Å²) in [5.41, 5.74) is -1.07. The maximum absolute atomic E-state index is 12.7. The summed E-state index contributed by atoms with van der Waals surface area (Å²) in [6, 6.07) is 0. The average molecular weight is 417 g/mol. The molecule has 0 unspecified atom stereocenters. The highest BCUT2D eigenvalue weighted by atomic mass is 16.5. The van der Waals surface area contributed by atoms with Gasteiger partial charge in [-0.1, -0.05) is 25.2 Å². The molecular weight excluding hydrogens is 380 g/mol. The van der Waals surface area contributed by atoms with E-state index in [1.807, 2.05) is 0 Å². The van der Waals surface area contributed by atoms with Crippen LogP contribution in [0.3, 0.4) is 0 Å². The molecular formula is C25H36O5. The van der Waals surface area contributed by atoms with Crippen LogP contribution in [0.1, 0.15) is 79.1 Å². The van der Waals surface area contributed by atoms with E-state index in [2.05, 4.69) is 13.5 Å². The molecule has 4 fully saturated rings. The number of allylic oxidation sites excluding steroid dienone is 2. The van der Waals surface area contributed by atoms with E-state index in [0.29, 0.717) is 30.8 Å². The zero-order chi connectivity index (χ0) is 22.1. The number of carbonyl (C=O) groups excluding carboxylic acids is 1. The van der Waals surface area contributed by atoms with E-state index in [1.54, 1.807) is 26.8 Å². The van der Waals surface area contributed by atoms with Crippen molar-refractivity contribution in [2.24, 2.45) is 28.1 Å². The number of aliphatic carboxylic acids is 1. The van der Waals surface area contributed by atoms with Crippen LogP contribution in [0.25, 0.3) is 0 Å². The van der Waals surface area contributed by atoms with Gasteiger partial charge in [-0.3, -0.25) is 4.79 Å². The van der Waals surface area contributed by atoms with Crippen LogP contribution in [-0.4, -0.2) is 33.9 Å². The maximum Gasteiger partial charge on any atom is 0.333 e. The summed E-state index contributed by atoms with van der Waals surface area (Å²) >= 11 is 0. The molecule has 0 saturated heterocycles. The van der Waals surface area contributed by atoms with Gasteiger partial charge in [0.15, 0.2) is 0 Å². The zero-order valence-corrected chi connectivity index (χ0v) is 18.8. The number of carbonyl (C=O) groups is 2. The molecule has 0 aromatic carbocycles. The van der Waals surface area contributed by atoms with Crippen molar-refractivity contribution in [1.82, 2.24) is 0 Å². The van der Waals surface area contributed by atoms with Crippen molar-refractivity contribution >= 4 is 11.9 Å². The number of rotatable bonds is 3. The first-order chi connectivity index (χ1) is 13.9. The second kappa shape index (κ2) is 6.69. The van der Waals surface area contributed by atoms with Crippen LogP contribution < -0.4 is 0 Å². The van der Waals surface area contributed by atoms with E-state index in [0.717, 1.165) is 32.1 Å². The number of carboxylic acids is 1. The topological polar surface area (TPSA) is 83.8 Å². The Kier molecular flexibility index (Phi) is 4.82. The van der Waals surface area contributed by atoms with Crippen molar-refractivity contribution in [3.05, 3.63) is 23.8 Å². The van der Waals surface area contributed by atoms with Crippen molar-refractivity contribution in [2.75, 3.05) is 0 Å². The lowest BCUT2D eigenvalue weighted by atomic mass is 9.38. The summed E-state index contributed by atoms with van der Waals surface area (Å²) in [5.74, 6) is -1.13. The van der Waals surface area contributed by atoms with Gasteiger partial charge in [0.1, 0.15) is 11.5 Å². The summed E-state index contributed by atoms with van der Waals surface area (Å²) < 4.78 is 5.78. The molecule has 0 amide bonds. The molecule has 30 heavy (non-hydrogen) atoms. The third-order valence-corrected chi connectivity index (χ3v) is 9.92. The highest BCUT2D eigenvalue weighted by molar-refractivity contribution is 5.88. The average Bonchev–Trinajstić information content (AvgIpc) is 2.97. The standard InChI is InChI=1S/C25H36O5/c1-6-15(2)20(26)30-19-9-10-22(4)18(23(19,5)21(27)28)8-11-24-13-16(3)17(14-24)7-12-25(22,24)29/h6,17-19,29H,3,7-14H2,1-2,4-5H3,(H,27,28)/b15-6-/t17-,18-,19+,22+,23-,24+,25+/m0/s1. The molecule has 0 aromatic heterocycles. The number of esters is 1.